The Hall–Kier alpha value is -4.01. The van der Waals surface area contributed by atoms with Crippen LogP contribution < -0.4 is 5.32 Å². The summed E-state index contributed by atoms with van der Waals surface area (Å²) in [6.45, 7) is 0. The van der Waals surface area contributed by atoms with E-state index in [-0.39, 0.29) is 16.8 Å². The van der Waals surface area contributed by atoms with Crippen molar-refractivity contribution in [2.45, 2.75) is 0 Å². The zero-order valence-electron chi connectivity index (χ0n) is 15.4. The second-order valence-electron chi connectivity index (χ2n) is 6.38. The Balaban J connectivity index is 1.63. The Morgan fingerprint density at radius 1 is 0.871 bits per heavy atom. The number of anilines is 1. The molecule has 4 nitrogen and oxygen atoms in total. The molecule has 156 valence electrons. The minimum Gasteiger partial charge on any atom is -0.436 e. The largest absolute Gasteiger partial charge is 0.436 e. The number of carbonyl (C=O) groups excluding carboxylic acids is 1. The molecule has 0 saturated carbocycles. The standard InChI is InChI=1S/C22H11F5N2O2/c23-17-16(18(24)20(26)21(27)19(17)25)22-29-13-10-12(7-8-14(13)31-22)28-15(30)9-6-11-4-2-1-3-5-11/h1-10H,(H,28,30)/b9-6+. The summed E-state index contributed by atoms with van der Waals surface area (Å²) in [4.78, 5) is 15.9. The van der Waals surface area contributed by atoms with E-state index in [1.807, 2.05) is 30.3 Å². The van der Waals surface area contributed by atoms with Crippen molar-refractivity contribution in [1.82, 2.24) is 4.98 Å². The lowest BCUT2D eigenvalue weighted by atomic mass is 10.1. The quantitative estimate of drug-likeness (QED) is 0.192. The maximum Gasteiger partial charge on any atom is 0.248 e. The fourth-order valence-corrected chi connectivity index (χ4v) is 2.82. The first kappa shape index (κ1) is 20.3. The van der Waals surface area contributed by atoms with Crippen LogP contribution in [0.15, 0.2) is 59.0 Å². The zero-order chi connectivity index (χ0) is 22.1. The highest BCUT2D eigenvalue weighted by atomic mass is 19.2. The summed E-state index contributed by atoms with van der Waals surface area (Å²) >= 11 is 0. The number of nitrogens with one attached hydrogen (secondary N) is 1. The van der Waals surface area contributed by atoms with E-state index in [1.165, 1.54) is 24.3 Å². The van der Waals surface area contributed by atoms with E-state index in [1.54, 1.807) is 6.08 Å². The van der Waals surface area contributed by atoms with Crippen LogP contribution in [0.25, 0.3) is 28.6 Å². The second-order valence-corrected chi connectivity index (χ2v) is 6.38. The lowest BCUT2D eigenvalue weighted by Crippen LogP contribution is -2.07. The van der Waals surface area contributed by atoms with Crippen LogP contribution in [0.1, 0.15) is 5.56 Å². The minimum absolute atomic E-state index is 0.0248. The predicted octanol–water partition coefficient (Wildman–Crippen LogP) is 5.84. The number of hydrogen-bond donors (Lipinski definition) is 1. The number of nitrogens with zero attached hydrogens (tertiary/aromatic N) is 1. The number of hydrogen-bond acceptors (Lipinski definition) is 3. The molecule has 31 heavy (non-hydrogen) atoms. The lowest BCUT2D eigenvalue weighted by molar-refractivity contribution is -0.111. The fourth-order valence-electron chi connectivity index (χ4n) is 2.82. The summed E-state index contributed by atoms with van der Waals surface area (Å²) in [5.41, 5.74) is -0.103. The molecule has 0 spiro atoms. The van der Waals surface area contributed by atoms with Gasteiger partial charge in [-0.1, -0.05) is 30.3 Å². The number of aromatic nitrogens is 1. The van der Waals surface area contributed by atoms with Crippen molar-refractivity contribution >= 4 is 28.8 Å². The van der Waals surface area contributed by atoms with Crippen LogP contribution in [-0.4, -0.2) is 10.9 Å². The first-order valence-electron chi connectivity index (χ1n) is 8.81. The Bertz CT molecular complexity index is 1300. The maximum atomic E-state index is 14.0. The third kappa shape index (κ3) is 3.89. The monoisotopic (exact) mass is 430 g/mol. The normalized spacial score (nSPS) is 11.4. The fraction of sp³-hybridized carbons (Fsp3) is 0. The van der Waals surface area contributed by atoms with Crippen LogP contribution in [0.2, 0.25) is 0 Å². The highest BCUT2D eigenvalue weighted by molar-refractivity contribution is 6.02. The van der Waals surface area contributed by atoms with Crippen molar-refractivity contribution in [3.05, 3.63) is 89.3 Å². The van der Waals surface area contributed by atoms with E-state index in [0.29, 0.717) is 0 Å². The average Bonchev–Trinajstić information content (AvgIpc) is 3.18. The molecule has 0 aliphatic heterocycles. The summed E-state index contributed by atoms with van der Waals surface area (Å²) in [6, 6.07) is 13.2. The highest BCUT2D eigenvalue weighted by Gasteiger charge is 2.29. The molecule has 0 atom stereocenters. The smallest absolute Gasteiger partial charge is 0.248 e. The van der Waals surface area contributed by atoms with E-state index in [9.17, 15) is 26.7 Å². The van der Waals surface area contributed by atoms with Crippen molar-refractivity contribution in [2.24, 2.45) is 0 Å². The van der Waals surface area contributed by atoms with Gasteiger partial charge in [0, 0.05) is 11.8 Å². The summed E-state index contributed by atoms with van der Waals surface area (Å²) in [7, 11) is 0. The van der Waals surface area contributed by atoms with E-state index in [4.69, 9.17) is 4.42 Å². The van der Waals surface area contributed by atoms with Crippen LogP contribution in [0.3, 0.4) is 0 Å². The SMILES string of the molecule is O=C(/C=C/c1ccccc1)Nc1ccc2oc(-c3c(F)c(F)c(F)c(F)c3F)nc2c1. The van der Waals surface area contributed by atoms with E-state index >= 15 is 0 Å². The van der Waals surface area contributed by atoms with Crippen LogP contribution in [-0.2, 0) is 4.79 Å². The van der Waals surface area contributed by atoms with Crippen molar-refractivity contribution < 1.29 is 31.2 Å². The van der Waals surface area contributed by atoms with Gasteiger partial charge in [0.2, 0.25) is 17.6 Å². The first-order valence-corrected chi connectivity index (χ1v) is 8.81. The van der Waals surface area contributed by atoms with Gasteiger partial charge in [0.05, 0.1) is 0 Å². The molecule has 1 heterocycles. The second kappa shape index (κ2) is 8.02. The first-order chi connectivity index (χ1) is 14.8. The van der Waals surface area contributed by atoms with E-state index in [2.05, 4.69) is 10.3 Å². The number of oxazole rings is 1. The number of benzene rings is 3. The minimum atomic E-state index is -2.27. The van der Waals surface area contributed by atoms with Gasteiger partial charge in [0.1, 0.15) is 11.1 Å². The lowest BCUT2D eigenvalue weighted by Gasteiger charge is -2.04. The van der Waals surface area contributed by atoms with Crippen LogP contribution in [0, 0.1) is 29.1 Å². The Labute approximate surface area is 171 Å². The maximum absolute atomic E-state index is 14.0. The topological polar surface area (TPSA) is 55.1 Å². The van der Waals surface area contributed by atoms with Gasteiger partial charge in [-0.2, -0.15) is 0 Å². The van der Waals surface area contributed by atoms with E-state index in [0.717, 1.165) is 5.56 Å². The third-order valence-corrected chi connectivity index (χ3v) is 4.31. The summed E-state index contributed by atoms with van der Waals surface area (Å²) in [5, 5.41) is 2.58. The molecular formula is C22H11F5N2O2. The summed E-state index contributed by atoms with van der Waals surface area (Å²) in [6.07, 6.45) is 2.91. The number of fused-ring (bicyclic) bond motifs is 1. The molecule has 0 radical (unpaired) electrons. The molecule has 0 aliphatic carbocycles. The molecule has 1 aromatic heterocycles. The molecular weight excluding hydrogens is 419 g/mol. The summed E-state index contributed by atoms with van der Waals surface area (Å²) in [5.74, 6) is -11.8. The van der Waals surface area contributed by atoms with Crippen LogP contribution in [0.4, 0.5) is 27.6 Å². The number of carbonyl (C=O) groups is 1. The number of halogens is 5. The molecule has 1 amide bonds. The molecule has 9 heteroatoms. The number of amides is 1. The van der Waals surface area contributed by atoms with E-state index < -0.39 is 46.4 Å². The molecule has 0 bridgehead atoms. The Kier molecular flexibility index (Phi) is 5.24. The van der Waals surface area contributed by atoms with Crippen molar-refractivity contribution in [3.8, 4) is 11.5 Å². The Morgan fingerprint density at radius 2 is 1.52 bits per heavy atom. The van der Waals surface area contributed by atoms with Gasteiger partial charge in [-0.25, -0.2) is 26.9 Å². The van der Waals surface area contributed by atoms with Crippen molar-refractivity contribution in [1.29, 1.82) is 0 Å². The van der Waals surface area contributed by atoms with Gasteiger partial charge < -0.3 is 9.73 Å². The van der Waals surface area contributed by atoms with Gasteiger partial charge >= 0.3 is 0 Å². The molecule has 4 aromatic rings. The zero-order valence-corrected chi connectivity index (χ0v) is 15.4. The predicted molar refractivity (Wildman–Crippen MR) is 103 cm³/mol. The average molecular weight is 430 g/mol. The van der Waals surface area contributed by atoms with Crippen molar-refractivity contribution in [3.63, 3.8) is 0 Å². The van der Waals surface area contributed by atoms with Gasteiger partial charge in [0.25, 0.3) is 0 Å². The number of rotatable bonds is 4. The van der Waals surface area contributed by atoms with Gasteiger partial charge in [-0.15, -0.1) is 0 Å². The molecule has 3 aromatic carbocycles. The molecule has 0 saturated heterocycles. The van der Waals surface area contributed by atoms with Crippen LogP contribution in [0.5, 0.6) is 0 Å². The molecule has 0 fully saturated rings. The van der Waals surface area contributed by atoms with Crippen molar-refractivity contribution in [2.75, 3.05) is 5.32 Å². The summed E-state index contributed by atoms with van der Waals surface area (Å²) < 4.78 is 73.3. The molecule has 1 N–H and O–H groups in total. The van der Waals surface area contributed by atoms with Gasteiger partial charge in [-0.3, -0.25) is 4.79 Å². The third-order valence-electron chi connectivity index (χ3n) is 4.31. The molecule has 0 unspecified atom stereocenters. The van der Waals surface area contributed by atoms with Gasteiger partial charge in [-0.05, 0) is 29.8 Å². The van der Waals surface area contributed by atoms with Crippen LogP contribution >= 0.6 is 0 Å². The molecule has 4 rings (SSSR count). The highest BCUT2D eigenvalue weighted by Crippen LogP contribution is 2.33. The van der Waals surface area contributed by atoms with Gasteiger partial charge in [0.15, 0.2) is 28.9 Å². The Morgan fingerprint density at radius 3 is 2.19 bits per heavy atom. The molecule has 0 aliphatic rings.